The van der Waals surface area contributed by atoms with Crippen LogP contribution in [-0.4, -0.2) is 16.0 Å². The first-order valence-corrected chi connectivity index (χ1v) is 6.70. The molecule has 0 aliphatic heterocycles. The van der Waals surface area contributed by atoms with Crippen molar-refractivity contribution in [1.82, 2.24) is 0 Å². The van der Waals surface area contributed by atoms with Gasteiger partial charge < -0.3 is 10.3 Å². The second-order valence-electron chi connectivity index (χ2n) is 4.73. The summed E-state index contributed by atoms with van der Waals surface area (Å²) in [5.41, 5.74) is 2.21. The standard InChI is InChI=1S/C15H23NO2/c1-3-4-5-6-7-8-14(16-18)13-10-9-12(2)11-15(13)17/h9-11,17-18H,3-8H2,1-2H3. The summed E-state index contributed by atoms with van der Waals surface area (Å²) in [5.74, 6) is 0.191. The average Bonchev–Trinajstić information content (AvgIpc) is 2.35. The summed E-state index contributed by atoms with van der Waals surface area (Å²) in [4.78, 5) is 0. The van der Waals surface area contributed by atoms with Gasteiger partial charge in [-0.1, -0.05) is 43.8 Å². The second-order valence-corrected chi connectivity index (χ2v) is 4.73. The summed E-state index contributed by atoms with van der Waals surface area (Å²) in [6.45, 7) is 4.11. The SMILES string of the molecule is CCCCCCCC(=NO)c1ccc(C)cc1O. The van der Waals surface area contributed by atoms with Crippen LogP contribution in [0.3, 0.4) is 0 Å². The molecule has 1 rings (SSSR count). The smallest absolute Gasteiger partial charge is 0.125 e. The summed E-state index contributed by atoms with van der Waals surface area (Å²) in [7, 11) is 0. The van der Waals surface area contributed by atoms with Crippen molar-refractivity contribution in [3.63, 3.8) is 0 Å². The van der Waals surface area contributed by atoms with E-state index in [0.717, 1.165) is 18.4 Å². The van der Waals surface area contributed by atoms with Crippen LogP contribution in [0.25, 0.3) is 0 Å². The van der Waals surface area contributed by atoms with Gasteiger partial charge in [0.1, 0.15) is 5.75 Å². The van der Waals surface area contributed by atoms with Gasteiger partial charge in [0.05, 0.1) is 5.71 Å². The third-order valence-electron chi connectivity index (χ3n) is 3.10. The number of benzene rings is 1. The fraction of sp³-hybridized carbons (Fsp3) is 0.533. The molecular weight excluding hydrogens is 226 g/mol. The number of rotatable bonds is 7. The highest BCUT2D eigenvalue weighted by Gasteiger charge is 2.09. The van der Waals surface area contributed by atoms with Crippen molar-refractivity contribution < 1.29 is 10.3 Å². The maximum atomic E-state index is 9.84. The molecule has 2 N–H and O–H groups in total. The largest absolute Gasteiger partial charge is 0.507 e. The van der Waals surface area contributed by atoms with E-state index in [2.05, 4.69) is 12.1 Å². The lowest BCUT2D eigenvalue weighted by atomic mass is 10.0. The summed E-state index contributed by atoms with van der Waals surface area (Å²) >= 11 is 0. The highest BCUT2D eigenvalue weighted by Crippen LogP contribution is 2.21. The molecule has 18 heavy (non-hydrogen) atoms. The van der Waals surface area contributed by atoms with Crippen LogP contribution < -0.4 is 0 Å². The van der Waals surface area contributed by atoms with Gasteiger partial charge in [0.15, 0.2) is 0 Å². The molecule has 0 saturated carbocycles. The lowest BCUT2D eigenvalue weighted by Gasteiger charge is -2.07. The van der Waals surface area contributed by atoms with E-state index in [1.54, 1.807) is 6.07 Å². The van der Waals surface area contributed by atoms with Crippen molar-refractivity contribution in [2.75, 3.05) is 0 Å². The summed E-state index contributed by atoms with van der Waals surface area (Å²) in [6.07, 6.45) is 6.53. The van der Waals surface area contributed by atoms with Gasteiger partial charge in [0.2, 0.25) is 0 Å². The Balaban J connectivity index is 2.56. The van der Waals surface area contributed by atoms with Crippen LogP contribution >= 0.6 is 0 Å². The molecule has 0 bridgehead atoms. The second kappa shape index (κ2) is 7.75. The molecule has 0 atom stereocenters. The van der Waals surface area contributed by atoms with E-state index in [9.17, 15) is 5.11 Å². The molecule has 1 aromatic carbocycles. The van der Waals surface area contributed by atoms with Gasteiger partial charge in [-0.15, -0.1) is 0 Å². The van der Waals surface area contributed by atoms with Gasteiger partial charge in [-0.25, -0.2) is 0 Å². The first kappa shape index (κ1) is 14.6. The normalized spacial score (nSPS) is 11.8. The molecule has 0 heterocycles. The zero-order valence-electron chi connectivity index (χ0n) is 11.3. The summed E-state index contributed by atoms with van der Waals surface area (Å²) in [5, 5.41) is 22.2. The number of aromatic hydroxyl groups is 1. The predicted molar refractivity (Wildman–Crippen MR) is 74.5 cm³/mol. The molecule has 0 fully saturated rings. The van der Waals surface area contributed by atoms with Crippen LogP contribution in [0.2, 0.25) is 0 Å². The Kier molecular flexibility index (Phi) is 6.26. The van der Waals surface area contributed by atoms with Crippen LogP contribution in [0.15, 0.2) is 23.4 Å². The lowest BCUT2D eigenvalue weighted by Crippen LogP contribution is -2.02. The minimum atomic E-state index is 0.191. The first-order chi connectivity index (χ1) is 8.69. The maximum Gasteiger partial charge on any atom is 0.125 e. The molecule has 0 aromatic heterocycles. The van der Waals surface area contributed by atoms with Gasteiger partial charge in [0, 0.05) is 5.56 Å². The van der Waals surface area contributed by atoms with Crippen LogP contribution in [0.5, 0.6) is 5.75 Å². The molecule has 3 nitrogen and oxygen atoms in total. The lowest BCUT2D eigenvalue weighted by molar-refractivity contribution is 0.317. The third kappa shape index (κ3) is 4.40. The first-order valence-electron chi connectivity index (χ1n) is 6.70. The number of phenols is 1. The number of hydrogen-bond acceptors (Lipinski definition) is 3. The van der Waals surface area contributed by atoms with Crippen molar-refractivity contribution in [3.8, 4) is 5.75 Å². The van der Waals surface area contributed by atoms with Gasteiger partial charge in [0.25, 0.3) is 0 Å². The molecule has 100 valence electrons. The maximum absolute atomic E-state index is 9.84. The Morgan fingerprint density at radius 2 is 1.89 bits per heavy atom. The summed E-state index contributed by atoms with van der Waals surface area (Å²) in [6, 6.07) is 5.42. The van der Waals surface area contributed by atoms with Crippen LogP contribution in [-0.2, 0) is 0 Å². The van der Waals surface area contributed by atoms with Crippen LogP contribution in [0, 0.1) is 6.92 Å². The molecule has 0 aliphatic rings. The average molecular weight is 249 g/mol. The zero-order chi connectivity index (χ0) is 13.4. The van der Waals surface area contributed by atoms with E-state index in [1.807, 2.05) is 19.1 Å². The minimum absolute atomic E-state index is 0.191. The Hall–Kier alpha value is -1.51. The molecule has 0 aliphatic carbocycles. The van der Waals surface area contributed by atoms with Crippen molar-refractivity contribution in [2.24, 2.45) is 5.16 Å². The van der Waals surface area contributed by atoms with E-state index in [0.29, 0.717) is 17.7 Å². The number of unbranched alkanes of at least 4 members (excludes halogenated alkanes) is 4. The molecule has 0 amide bonds. The molecule has 1 aromatic rings. The number of aryl methyl sites for hydroxylation is 1. The Morgan fingerprint density at radius 1 is 1.17 bits per heavy atom. The van der Waals surface area contributed by atoms with Gasteiger partial charge in [-0.3, -0.25) is 0 Å². The van der Waals surface area contributed by atoms with E-state index in [1.165, 1.54) is 19.3 Å². The molecular formula is C15H23NO2. The Bertz CT molecular complexity index is 399. The quantitative estimate of drug-likeness (QED) is 0.329. The predicted octanol–water partition coefficient (Wildman–Crippen LogP) is 4.24. The highest BCUT2D eigenvalue weighted by atomic mass is 16.4. The van der Waals surface area contributed by atoms with E-state index < -0.39 is 0 Å². The minimum Gasteiger partial charge on any atom is -0.507 e. The van der Waals surface area contributed by atoms with Gasteiger partial charge in [-0.2, -0.15) is 0 Å². The summed E-state index contributed by atoms with van der Waals surface area (Å²) < 4.78 is 0. The van der Waals surface area contributed by atoms with E-state index >= 15 is 0 Å². The third-order valence-corrected chi connectivity index (χ3v) is 3.10. The number of oxime groups is 1. The fourth-order valence-corrected chi connectivity index (χ4v) is 2.02. The number of phenolic OH excluding ortho intramolecular Hbond substituents is 1. The topological polar surface area (TPSA) is 52.8 Å². The molecule has 3 heteroatoms. The highest BCUT2D eigenvalue weighted by molar-refractivity contribution is 6.02. The molecule has 0 radical (unpaired) electrons. The van der Waals surface area contributed by atoms with Crippen molar-refractivity contribution in [1.29, 1.82) is 0 Å². The van der Waals surface area contributed by atoms with Crippen LogP contribution in [0.4, 0.5) is 0 Å². The number of nitrogens with zero attached hydrogens (tertiary/aromatic N) is 1. The monoisotopic (exact) mass is 249 g/mol. The zero-order valence-corrected chi connectivity index (χ0v) is 11.3. The van der Waals surface area contributed by atoms with Gasteiger partial charge in [-0.05, 0) is 37.5 Å². The van der Waals surface area contributed by atoms with Gasteiger partial charge >= 0.3 is 0 Å². The molecule has 0 unspecified atom stereocenters. The van der Waals surface area contributed by atoms with Crippen molar-refractivity contribution >= 4 is 5.71 Å². The van der Waals surface area contributed by atoms with Crippen molar-refractivity contribution in [2.45, 2.75) is 52.4 Å². The Labute approximate surface area is 109 Å². The Morgan fingerprint density at radius 3 is 2.50 bits per heavy atom. The number of hydrogen-bond donors (Lipinski definition) is 2. The van der Waals surface area contributed by atoms with Crippen LogP contribution in [0.1, 0.15) is 56.6 Å². The fourth-order valence-electron chi connectivity index (χ4n) is 2.02. The van der Waals surface area contributed by atoms with E-state index in [-0.39, 0.29) is 5.75 Å². The molecule has 0 spiro atoms. The molecule has 0 saturated heterocycles. The van der Waals surface area contributed by atoms with E-state index in [4.69, 9.17) is 5.21 Å². The van der Waals surface area contributed by atoms with Crippen molar-refractivity contribution in [3.05, 3.63) is 29.3 Å².